The van der Waals surface area contributed by atoms with Gasteiger partial charge in [-0.1, -0.05) is 12.1 Å². The van der Waals surface area contributed by atoms with Crippen LogP contribution in [-0.4, -0.2) is 51.3 Å². The third kappa shape index (κ3) is 2.50. The first-order valence-corrected chi connectivity index (χ1v) is 9.51. The second-order valence-corrected chi connectivity index (χ2v) is 8.06. The van der Waals surface area contributed by atoms with Crippen LogP contribution in [0.25, 0.3) is 0 Å². The number of likely N-dealkylation sites (tertiary alicyclic amines) is 1. The number of hydrogen-bond acceptors (Lipinski definition) is 3. The average molecular weight is 358 g/mol. The van der Waals surface area contributed by atoms with E-state index in [9.17, 15) is 8.78 Å². The Morgan fingerprint density at radius 2 is 1.96 bits per heavy atom. The number of nitrogens with zero attached hydrogens (tertiary/aromatic N) is 4. The quantitative estimate of drug-likeness (QED) is 0.843. The Morgan fingerprint density at radius 1 is 1.15 bits per heavy atom. The molecule has 3 atom stereocenters. The number of benzene rings is 1. The number of aryl methyl sites for hydroxylation is 1. The van der Waals surface area contributed by atoms with Gasteiger partial charge in [0.25, 0.3) is 0 Å². The van der Waals surface area contributed by atoms with E-state index in [0.717, 1.165) is 26.2 Å². The number of piperidine rings is 3. The van der Waals surface area contributed by atoms with Crippen LogP contribution in [0, 0.1) is 17.6 Å². The van der Waals surface area contributed by atoms with Crippen molar-refractivity contribution in [2.45, 2.75) is 37.4 Å². The van der Waals surface area contributed by atoms with Gasteiger partial charge in [0.15, 0.2) is 11.6 Å². The number of rotatable bonds is 3. The second kappa shape index (κ2) is 6.13. The molecule has 0 radical (unpaired) electrons. The second-order valence-electron chi connectivity index (χ2n) is 8.06. The number of fused-ring (bicyclic) bond motifs is 2. The molecule has 1 aromatic heterocycles. The molecule has 0 N–H and O–H groups in total. The molecule has 5 heterocycles. The topological polar surface area (TPSA) is 24.3 Å². The molecular weight excluding hydrogens is 334 g/mol. The Kier molecular flexibility index (Phi) is 3.87. The molecule has 2 bridgehead atoms. The van der Waals surface area contributed by atoms with Gasteiger partial charge in [0, 0.05) is 49.9 Å². The zero-order valence-electron chi connectivity index (χ0n) is 15.0. The van der Waals surface area contributed by atoms with E-state index in [0.29, 0.717) is 17.5 Å². The molecule has 0 spiro atoms. The van der Waals surface area contributed by atoms with Gasteiger partial charge in [-0.3, -0.25) is 14.5 Å². The van der Waals surface area contributed by atoms with Crippen molar-refractivity contribution >= 4 is 0 Å². The van der Waals surface area contributed by atoms with Crippen LogP contribution >= 0.6 is 0 Å². The van der Waals surface area contributed by atoms with Crippen molar-refractivity contribution in [2.24, 2.45) is 13.0 Å². The van der Waals surface area contributed by atoms with Crippen molar-refractivity contribution in [1.82, 2.24) is 19.6 Å². The molecule has 4 fully saturated rings. The maximum absolute atomic E-state index is 14.6. The predicted octanol–water partition coefficient (Wildman–Crippen LogP) is 2.76. The average Bonchev–Trinajstić information content (AvgIpc) is 3.24. The Morgan fingerprint density at radius 3 is 2.69 bits per heavy atom. The normalized spacial score (nSPS) is 33.6. The summed E-state index contributed by atoms with van der Waals surface area (Å²) in [6.45, 7) is 3.77. The van der Waals surface area contributed by atoms with Crippen LogP contribution in [0.15, 0.2) is 30.6 Å². The summed E-state index contributed by atoms with van der Waals surface area (Å²) in [4.78, 5) is 5.01. The molecule has 0 saturated carbocycles. The minimum Gasteiger partial charge on any atom is -0.298 e. The lowest BCUT2D eigenvalue weighted by molar-refractivity contribution is -0.00888. The van der Waals surface area contributed by atoms with E-state index in [1.165, 1.54) is 24.5 Å². The monoisotopic (exact) mass is 358 g/mol. The maximum atomic E-state index is 14.6. The fraction of sp³-hybridized carbons (Fsp3) is 0.550. The highest BCUT2D eigenvalue weighted by Gasteiger charge is 2.53. The van der Waals surface area contributed by atoms with Gasteiger partial charge < -0.3 is 0 Å². The van der Waals surface area contributed by atoms with Gasteiger partial charge in [-0.05, 0) is 43.5 Å². The van der Waals surface area contributed by atoms with Crippen LogP contribution in [0.3, 0.4) is 0 Å². The molecule has 4 saturated heterocycles. The zero-order chi connectivity index (χ0) is 17.8. The molecule has 6 rings (SSSR count). The highest BCUT2D eigenvalue weighted by Crippen LogP contribution is 2.47. The first-order chi connectivity index (χ1) is 12.6. The Balaban J connectivity index is 1.51. The van der Waals surface area contributed by atoms with Crippen molar-refractivity contribution in [2.75, 3.05) is 19.6 Å². The predicted molar refractivity (Wildman–Crippen MR) is 94.6 cm³/mol. The van der Waals surface area contributed by atoms with Crippen LogP contribution in [0.4, 0.5) is 8.78 Å². The first kappa shape index (κ1) is 16.4. The SMILES string of the molecule is Cn1cc(CN2C[C@H](c3cccc(F)c3F)[C@@H]3[C@H]2C2CCN3CC2)cn1. The minimum atomic E-state index is -0.735. The third-order valence-corrected chi connectivity index (χ3v) is 6.62. The van der Waals surface area contributed by atoms with Crippen LogP contribution < -0.4 is 0 Å². The molecule has 6 heteroatoms. The van der Waals surface area contributed by atoms with Crippen molar-refractivity contribution in [3.63, 3.8) is 0 Å². The fourth-order valence-corrected chi connectivity index (χ4v) is 5.59. The lowest BCUT2D eigenvalue weighted by Gasteiger charge is -2.51. The number of aromatic nitrogens is 2. The van der Waals surface area contributed by atoms with Gasteiger partial charge in [0.1, 0.15) is 0 Å². The summed E-state index contributed by atoms with van der Waals surface area (Å²) in [5.74, 6) is -0.721. The van der Waals surface area contributed by atoms with Gasteiger partial charge in [-0.25, -0.2) is 8.78 Å². The molecule has 4 aliphatic heterocycles. The van der Waals surface area contributed by atoms with Crippen LogP contribution in [0.2, 0.25) is 0 Å². The number of hydrogen-bond donors (Lipinski definition) is 0. The zero-order valence-corrected chi connectivity index (χ0v) is 15.0. The van der Waals surface area contributed by atoms with Crippen LogP contribution in [-0.2, 0) is 13.6 Å². The molecular formula is C20H24F2N4. The molecule has 0 aliphatic carbocycles. The van der Waals surface area contributed by atoms with Gasteiger partial charge in [-0.2, -0.15) is 5.10 Å². The van der Waals surface area contributed by atoms with E-state index in [1.807, 2.05) is 24.1 Å². The summed E-state index contributed by atoms with van der Waals surface area (Å²) in [7, 11) is 1.93. The third-order valence-electron chi connectivity index (χ3n) is 6.62. The van der Waals surface area contributed by atoms with Gasteiger partial charge in [0.2, 0.25) is 0 Å². The Bertz CT molecular complexity index is 812. The minimum absolute atomic E-state index is 0.0236. The van der Waals surface area contributed by atoms with Gasteiger partial charge in [-0.15, -0.1) is 0 Å². The fourth-order valence-electron chi connectivity index (χ4n) is 5.59. The van der Waals surface area contributed by atoms with Crippen molar-refractivity contribution in [3.05, 3.63) is 53.4 Å². The molecule has 0 amide bonds. The molecule has 0 unspecified atom stereocenters. The lowest BCUT2D eigenvalue weighted by atomic mass is 9.75. The molecule has 138 valence electrons. The van der Waals surface area contributed by atoms with Gasteiger partial charge in [0.05, 0.1) is 6.20 Å². The van der Waals surface area contributed by atoms with Crippen LogP contribution in [0.1, 0.15) is 29.9 Å². The standard InChI is InChI=1S/C20H24F2N4/c1-24-10-13(9-23-24)11-26-12-16(15-3-2-4-17(21)18(15)22)20-19(26)14-5-7-25(20)8-6-14/h2-4,9-10,14,16,19-20H,5-8,11-12H2,1H3/t16-,19-,20-/m1/s1. The van der Waals surface area contributed by atoms with E-state index >= 15 is 0 Å². The van der Waals surface area contributed by atoms with E-state index in [1.54, 1.807) is 12.1 Å². The van der Waals surface area contributed by atoms with E-state index in [4.69, 9.17) is 0 Å². The number of halogens is 2. The molecule has 26 heavy (non-hydrogen) atoms. The van der Waals surface area contributed by atoms with Crippen LogP contribution in [0.5, 0.6) is 0 Å². The van der Waals surface area contributed by atoms with Gasteiger partial charge >= 0.3 is 0 Å². The summed E-state index contributed by atoms with van der Waals surface area (Å²) in [6.07, 6.45) is 6.38. The maximum Gasteiger partial charge on any atom is 0.162 e. The summed E-state index contributed by atoms with van der Waals surface area (Å²) >= 11 is 0. The van der Waals surface area contributed by atoms with E-state index < -0.39 is 11.6 Å². The van der Waals surface area contributed by atoms with Crippen molar-refractivity contribution < 1.29 is 8.78 Å². The highest BCUT2D eigenvalue weighted by atomic mass is 19.2. The molecule has 2 aromatic rings. The summed E-state index contributed by atoms with van der Waals surface area (Å²) in [5, 5.41) is 4.28. The van der Waals surface area contributed by atoms with E-state index in [2.05, 4.69) is 14.9 Å². The Labute approximate surface area is 152 Å². The smallest absolute Gasteiger partial charge is 0.162 e. The largest absolute Gasteiger partial charge is 0.298 e. The summed E-state index contributed by atoms with van der Waals surface area (Å²) < 4.78 is 30.3. The lowest BCUT2D eigenvalue weighted by Crippen LogP contribution is -2.60. The van der Waals surface area contributed by atoms with E-state index in [-0.39, 0.29) is 12.0 Å². The summed E-state index contributed by atoms with van der Waals surface area (Å²) in [6, 6.07) is 5.34. The molecule has 1 aromatic carbocycles. The van der Waals surface area contributed by atoms with Crippen molar-refractivity contribution in [3.8, 4) is 0 Å². The highest BCUT2D eigenvalue weighted by molar-refractivity contribution is 5.29. The molecule has 4 aliphatic rings. The Hall–Kier alpha value is -1.79. The summed E-state index contributed by atoms with van der Waals surface area (Å²) in [5.41, 5.74) is 1.73. The molecule has 4 nitrogen and oxygen atoms in total. The first-order valence-electron chi connectivity index (χ1n) is 9.51. The van der Waals surface area contributed by atoms with Crippen molar-refractivity contribution in [1.29, 1.82) is 0 Å².